The molecule has 0 saturated carbocycles. The lowest BCUT2D eigenvalue weighted by Gasteiger charge is -2.15. The van der Waals surface area contributed by atoms with Gasteiger partial charge in [-0.15, -0.1) is 0 Å². The van der Waals surface area contributed by atoms with E-state index >= 15 is 0 Å². The van der Waals surface area contributed by atoms with E-state index in [0.717, 1.165) is 12.1 Å². The molecule has 0 spiro atoms. The van der Waals surface area contributed by atoms with E-state index < -0.39 is 29.3 Å². The molecule has 0 aromatic heterocycles. The summed E-state index contributed by atoms with van der Waals surface area (Å²) < 4.78 is 43.8. The minimum atomic E-state index is -4.64. The topological polar surface area (TPSA) is 58.6 Å². The summed E-state index contributed by atoms with van der Waals surface area (Å²) in [5, 5.41) is 11.8. The van der Waals surface area contributed by atoms with Crippen molar-refractivity contribution in [1.82, 2.24) is 0 Å². The van der Waals surface area contributed by atoms with Gasteiger partial charge in [0, 0.05) is 5.56 Å². The summed E-state index contributed by atoms with van der Waals surface area (Å²) in [4.78, 5) is 11.4. The molecule has 0 bridgehead atoms. The number of carbonyl (C=O) groups excluding carboxylic acids is 1. The number of halogens is 3. The van der Waals surface area contributed by atoms with Gasteiger partial charge < -0.3 is 15.2 Å². The van der Waals surface area contributed by atoms with E-state index in [1.807, 2.05) is 6.92 Å². The van der Waals surface area contributed by atoms with Crippen LogP contribution >= 0.6 is 0 Å². The number of aliphatic hydroxyl groups is 1. The van der Waals surface area contributed by atoms with Crippen molar-refractivity contribution >= 4 is 11.6 Å². The van der Waals surface area contributed by atoms with Gasteiger partial charge in [0.2, 0.25) is 0 Å². The van der Waals surface area contributed by atoms with E-state index in [9.17, 15) is 23.1 Å². The zero-order chi connectivity index (χ0) is 14.2. The van der Waals surface area contributed by atoms with E-state index in [4.69, 9.17) is 4.74 Å². The highest BCUT2D eigenvalue weighted by Crippen LogP contribution is 2.45. The van der Waals surface area contributed by atoms with Gasteiger partial charge in [-0.05, 0) is 18.6 Å². The van der Waals surface area contributed by atoms with Gasteiger partial charge in [-0.3, -0.25) is 4.79 Å². The molecule has 7 heteroatoms. The van der Waals surface area contributed by atoms with Gasteiger partial charge in [0.25, 0.3) is 5.91 Å². The van der Waals surface area contributed by atoms with Crippen molar-refractivity contribution in [3.63, 3.8) is 0 Å². The van der Waals surface area contributed by atoms with Gasteiger partial charge in [0.05, 0.1) is 17.9 Å². The Morgan fingerprint density at radius 3 is 2.68 bits per heavy atom. The molecule has 1 atom stereocenters. The molecule has 0 fully saturated rings. The quantitative estimate of drug-likeness (QED) is 0.891. The highest BCUT2D eigenvalue weighted by molar-refractivity contribution is 6.04. The molecular formula is C12H12F3NO3. The number of hydrogen-bond acceptors (Lipinski definition) is 3. The molecule has 104 valence electrons. The monoisotopic (exact) mass is 275 g/mol. The lowest BCUT2D eigenvalue weighted by atomic mass is 10.0. The Morgan fingerprint density at radius 2 is 2.11 bits per heavy atom. The molecule has 0 radical (unpaired) electrons. The predicted octanol–water partition coefficient (Wildman–Crippen LogP) is 2.48. The van der Waals surface area contributed by atoms with Crippen LogP contribution in [-0.4, -0.2) is 17.6 Å². The smallest absolute Gasteiger partial charge is 0.416 e. The standard InChI is InChI=1S/C12H12F3NO3/c1-2-5-19-7-4-3-6(12(13,14)15)8-9(7)16-11(18)10(8)17/h3-4,10,17H,2,5H2,1H3,(H,16,18). The third-order valence-corrected chi connectivity index (χ3v) is 2.74. The van der Waals surface area contributed by atoms with Crippen LogP contribution in [0, 0.1) is 0 Å². The van der Waals surface area contributed by atoms with Crippen molar-refractivity contribution in [3.05, 3.63) is 23.3 Å². The molecule has 0 aliphatic carbocycles. The number of carbonyl (C=O) groups is 1. The second kappa shape index (κ2) is 4.73. The number of aliphatic hydroxyl groups excluding tert-OH is 1. The average molecular weight is 275 g/mol. The maximum Gasteiger partial charge on any atom is 0.416 e. The van der Waals surface area contributed by atoms with Crippen LogP contribution in [0.4, 0.5) is 18.9 Å². The number of amides is 1. The Hall–Kier alpha value is -1.76. The van der Waals surface area contributed by atoms with Gasteiger partial charge in [0.1, 0.15) is 5.75 Å². The molecule has 1 unspecified atom stereocenters. The summed E-state index contributed by atoms with van der Waals surface area (Å²) in [6.07, 6.45) is -5.79. The van der Waals surface area contributed by atoms with Crippen LogP contribution in [0.5, 0.6) is 5.75 Å². The van der Waals surface area contributed by atoms with Crippen LogP contribution in [0.3, 0.4) is 0 Å². The molecule has 1 amide bonds. The largest absolute Gasteiger partial charge is 0.491 e. The van der Waals surface area contributed by atoms with Crippen molar-refractivity contribution in [1.29, 1.82) is 0 Å². The fraction of sp³-hybridized carbons (Fsp3) is 0.417. The maximum absolute atomic E-state index is 12.8. The molecule has 0 saturated heterocycles. The van der Waals surface area contributed by atoms with Gasteiger partial charge in [-0.25, -0.2) is 0 Å². The summed E-state index contributed by atoms with van der Waals surface area (Å²) in [5.74, 6) is -0.747. The number of anilines is 1. The van der Waals surface area contributed by atoms with Gasteiger partial charge in [0.15, 0.2) is 6.10 Å². The molecule has 4 nitrogen and oxygen atoms in total. The van der Waals surface area contributed by atoms with Gasteiger partial charge in [-0.1, -0.05) is 6.92 Å². The molecule has 1 aliphatic heterocycles. The lowest BCUT2D eigenvalue weighted by molar-refractivity contribution is -0.139. The van der Waals surface area contributed by atoms with Crippen molar-refractivity contribution in [2.75, 3.05) is 11.9 Å². The Bertz CT molecular complexity index is 514. The van der Waals surface area contributed by atoms with E-state index in [-0.39, 0.29) is 11.4 Å². The van der Waals surface area contributed by atoms with Crippen LogP contribution in [-0.2, 0) is 11.0 Å². The number of nitrogens with one attached hydrogen (secondary N) is 1. The highest BCUT2D eigenvalue weighted by Gasteiger charge is 2.42. The molecule has 2 rings (SSSR count). The Balaban J connectivity index is 2.53. The summed E-state index contributed by atoms with van der Waals surface area (Å²) in [5.41, 5.74) is -1.59. The van der Waals surface area contributed by atoms with E-state index in [1.54, 1.807) is 0 Å². The van der Waals surface area contributed by atoms with Crippen molar-refractivity contribution < 1.29 is 27.8 Å². The Labute approximate surface area is 107 Å². The zero-order valence-electron chi connectivity index (χ0n) is 10.0. The number of alkyl halides is 3. The third-order valence-electron chi connectivity index (χ3n) is 2.74. The average Bonchev–Trinajstić information content (AvgIpc) is 2.62. The second-order valence-electron chi connectivity index (χ2n) is 4.14. The molecule has 19 heavy (non-hydrogen) atoms. The van der Waals surface area contributed by atoms with Crippen LogP contribution in [0.1, 0.15) is 30.6 Å². The first-order valence-electron chi connectivity index (χ1n) is 5.72. The van der Waals surface area contributed by atoms with E-state index in [0.29, 0.717) is 13.0 Å². The van der Waals surface area contributed by atoms with Crippen LogP contribution in [0.15, 0.2) is 12.1 Å². The first kappa shape index (κ1) is 13.7. The first-order chi connectivity index (χ1) is 8.86. The zero-order valence-corrected chi connectivity index (χ0v) is 10.0. The number of benzene rings is 1. The van der Waals surface area contributed by atoms with Gasteiger partial charge >= 0.3 is 6.18 Å². The van der Waals surface area contributed by atoms with Crippen LogP contribution in [0.2, 0.25) is 0 Å². The summed E-state index contributed by atoms with van der Waals surface area (Å²) in [6.45, 7) is 2.15. The summed E-state index contributed by atoms with van der Waals surface area (Å²) in [6, 6.07) is 1.96. The third kappa shape index (κ3) is 2.37. The molecule has 1 heterocycles. The number of fused-ring (bicyclic) bond motifs is 1. The first-order valence-corrected chi connectivity index (χ1v) is 5.72. The van der Waals surface area contributed by atoms with Gasteiger partial charge in [-0.2, -0.15) is 13.2 Å². The highest BCUT2D eigenvalue weighted by atomic mass is 19.4. The predicted molar refractivity (Wildman–Crippen MR) is 60.8 cm³/mol. The molecule has 2 N–H and O–H groups in total. The van der Waals surface area contributed by atoms with Crippen molar-refractivity contribution in [2.24, 2.45) is 0 Å². The Morgan fingerprint density at radius 1 is 1.42 bits per heavy atom. The van der Waals surface area contributed by atoms with Crippen LogP contribution < -0.4 is 10.1 Å². The number of rotatable bonds is 3. The fourth-order valence-corrected chi connectivity index (χ4v) is 1.91. The van der Waals surface area contributed by atoms with E-state index in [2.05, 4.69) is 5.32 Å². The minimum absolute atomic E-state index is 0.0965. The lowest BCUT2D eigenvalue weighted by Crippen LogP contribution is -2.14. The minimum Gasteiger partial charge on any atom is -0.491 e. The maximum atomic E-state index is 12.8. The Kier molecular flexibility index (Phi) is 3.40. The van der Waals surface area contributed by atoms with Crippen molar-refractivity contribution in [3.8, 4) is 5.75 Å². The molecule has 1 aromatic carbocycles. The summed E-state index contributed by atoms with van der Waals surface area (Å²) >= 11 is 0. The molecule has 1 aliphatic rings. The van der Waals surface area contributed by atoms with Crippen molar-refractivity contribution in [2.45, 2.75) is 25.6 Å². The number of hydrogen-bond donors (Lipinski definition) is 2. The SMILES string of the molecule is CCCOc1ccc(C(F)(F)F)c2c1NC(=O)C2O. The fourth-order valence-electron chi connectivity index (χ4n) is 1.91. The molecular weight excluding hydrogens is 263 g/mol. The summed E-state index contributed by atoms with van der Waals surface area (Å²) in [7, 11) is 0. The second-order valence-corrected chi connectivity index (χ2v) is 4.14. The van der Waals surface area contributed by atoms with Crippen LogP contribution in [0.25, 0.3) is 0 Å². The normalized spacial score (nSPS) is 18.2. The molecule has 1 aromatic rings. The number of ether oxygens (including phenoxy) is 1. The van der Waals surface area contributed by atoms with E-state index in [1.165, 1.54) is 0 Å².